The Balaban J connectivity index is 1.87. The lowest BCUT2D eigenvalue weighted by Gasteiger charge is -2.33. The predicted molar refractivity (Wildman–Crippen MR) is 91.6 cm³/mol. The van der Waals surface area contributed by atoms with E-state index >= 15 is 0 Å². The fourth-order valence-corrected chi connectivity index (χ4v) is 2.86. The van der Waals surface area contributed by atoms with E-state index in [2.05, 4.69) is 22.5 Å². The zero-order valence-electron chi connectivity index (χ0n) is 14.1. The van der Waals surface area contributed by atoms with Crippen LogP contribution in [0.4, 0.5) is 16.2 Å². The number of nitrogens with one attached hydrogen (secondary N) is 2. The summed E-state index contributed by atoms with van der Waals surface area (Å²) in [5, 5.41) is 16.4. The number of hydrogen-bond donors (Lipinski definition) is 2. The smallest absolute Gasteiger partial charge is 0.319 e. The summed E-state index contributed by atoms with van der Waals surface area (Å²) < 4.78 is 4.97. The lowest BCUT2D eigenvalue weighted by atomic mass is 10.0. The highest BCUT2D eigenvalue weighted by Crippen LogP contribution is 2.28. The van der Waals surface area contributed by atoms with Crippen molar-refractivity contribution in [1.29, 1.82) is 0 Å². The highest BCUT2D eigenvalue weighted by Gasteiger charge is 2.19. The molecular weight excluding hydrogens is 312 g/mol. The van der Waals surface area contributed by atoms with Crippen molar-refractivity contribution in [1.82, 2.24) is 10.2 Å². The molecule has 132 valence electrons. The molecule has 8 heteroatoms. The first-order chi connectivity index (χ1) is 11.5. The molecule has 1 aliphatic rings. The number of amides is 2. The molecule has 1 aromatic carbocycles. The van der Waals surface area contributed by atoms with E-state index in [1.807, 2.05) is 0 Å². The number of nitrogens with zero attached hydrogens (tertiary/aromatic N) is 2. The molecule has 2 amide bonds. The highest BCUT2D eigenvalue weighted by atomic mass is 16.6. The molecule has 1 heterocycles. The molecule has 24 heavy (non-hydrogen) atoms. The van der Waals surface area contributed by atoms with Crippen LogP contribution < -0.4 is 15.4 Å². The average molecular weight is 336 g/mol. The van der Waals surface area contributed by atoms with Crippen molar-refractivity contribution in [2.75, 3.05) is 32.1 Å². The minimum absolute atomic E-state index is 0.143. The Morgan fingerprint density at radius 2 is 2.25 bits per heavy atom. The van der Waals surface area contributed by atoms with E-state index in [4.69, 9.17) is 4.74 Å². The van der Waals surface area contributed by atoms with E-state index in [-0.39, 0.29) is 11.4 Å². The molecule has 1 atom stereocenters. The molecule has 0 bridgehead atoms. The topological polar surface area (TPSA) is 96.7 Å². The number of piperidine rings is 1. The summed E-state index contributed by atoms with van der Waals surface area (Å²) in [6, 6.07) is 4.39. The Morgan fingerprint density at radius 3 is 2.92 bits per heavy atom. The first-order valence-corrected chi connectivity index (χ1v) is 8.12. The molecule has 1 fully saturated rings. The number of hydrogen-bond acceptors (Lipinski definition) is 5. The number of benzene rings is 1. The van der Waals surface area contributed by atoms with E-state index in [0.717, 1.165) is 13.1 Å². The van der Waals surface area contributed by atoms with E-state index < -0.39 is 11.0 Å². The standard InChI is InChI=1S/C16H24N4O4/c1-12-5-3-4-9-19(12)10-8-17-16(21)18-14-7-6-13(24-2)11-15(14)20(22)23/h6-7,11-12H,3-5,8-10H2,1-2H3,(H2,17,18,21)/t12-/m0/s1. The van der Waals surface area contributed by atoms with E-state index in [0.29, 0.717) is 18.3 Å². The number of nitro groups is 1. The van der Waals surface area contributed by atoms with Gasteiger partial charge in [0, 0.05) is 19.1 Å². The van der Waals surface area contributed by atoms with Crippen LogP contribution in [0, 0.1) is 10.1 Å². The van der Waals surface area contributed by atoms with Crippen LogP contribution in [0.1, 0.15) is 26.2 Å². The van der Waals surface area contributed by atoms with Crippen LogP contribution in [0.2, 0.25) is 0 Å². The third-order valence-corrected chi connectivity index (χ3v) is 4.27. The Bertz CT molecular complexity index is 593. The maximum atomic E-state index is 12.0. The Morgan fingerprint density at radius 1 is 1.46 bits per heavy atom. The summed E-state index contributed by atoms with van der Waals surface area (Å²) >= 11 is 0. The molecule has 0 spiro atoms. The Hall–Kier alpha value is -2.35. The van der Waals surface area contributed by atoms with Gasteiger partial charge in [-0.15, -0.1) is 0 Å². The van der Waals surface area contributed by atoms with Crippen LogP contribution in [0.15, 0.2) is 18.2 Å². The summed E-state index contributed by atoms with van der Waals surface area (Å²) in [5.41, 5.74) is -0.0567. The van der Waals surface area contributed by atoms with Crippen LogP contribution in [0.25, 0.3) is 0 Å². The van der Waals surface area contributed by atoms with Crippen LogP contribution in [0.5, 0.6) is 5.75 Å². The maximum Gasteiger partial charge on any atom is 0.319 e. The molecule has 0 aliphatic carbocycles. The van der Waals surface area contributed by atoms with E-state index in [9.17, 15) is 14.9 Å². The molecule has 1 aromatic rings. The third-order valence-electron chi connectivity index (χ3n) is 4.27. The van der Waals surface area contributed by atoms with Crippen molar-refractivity contribution >= 4 is 17.4 Å². The van der Waals surface area contributed by atoms with Crippen molar-refractivity contribution in [3.8, 4) is 5.75 Å². The second kappa shape index (κ2) is 8.49. The highest BCUT2D eigenvalue weighted by molar-refractivity contribution is 5.91. The average Bonchev–Trinajstić information content (AvgIpc) is 2.56. The maximum absolute atomic E-state index is 12.0. The van der Waals surface area contributed by atoms with Crippen LogP contribution >= 0.6 is 0 Å². The quantitative estimate of drug-likeness (QED) is 0.615. The van der Waals surface area contributed by atoms with Gasteiger partial charge in [0.05, 0.1) is 18.1 Å². The minimum atomic E-state index is -0.548. The number of anilines is 1. The molecule has 1 aliphatic heterocycles. The molecule has 1 saturated heterocycles. The van der Waals surface area contributed by atoms with Crippen LogP contribution in [-0.4, -0.2) is 48.6 Å². The molecule has 0 radical (unpaired) electrons. The monoisotopic (exact) mass is 336 g/mol. The van der Waals surface area contributed by atoms with Gasteiger partial charge in [0.25, 0.3) is 5.69 Å². The number of urea groups is 1. The van der Waals surface area contributed by atoms with Gasteiger partial charge in [-0.25, -0.2) is 4.79 Å². The third kappa shape index (κ3) is 4.82. The fourth-order valence-electron chi connectivity index (χ4n) is 2.86. The summed E-state index contributed by atoms with van der Waals surface area (Å²) in [6.07, 6.45) is 3.63. The zero-order valence-corrected chi connectivity index (χ0v) is 14.1. The Kier molecular flexibility index (Phi) is 6.36. The van der Waals surface area contributed by atoms with E-state index in [1.165, 1.54) is 38.5 Å². The zero-order chi connectivity index (χ0) is 17.5. The van der Waals surface area contributed by atoms with Gasteiger partial charge in [0.2, 0.25) is 0 Å². The van der Waals surface area contributed by atoms with Crippen molar-refractivity contribution in [2.24, 2.45) is 0 Å². The molecular formula is C16H24N4O4. The van der Waals surface area contributed by atoms with Gasteiger partial charge in [-0.1, -0.05) is 6.42 Å². The van der Waals surface area contributed by atoms with Gasteiger partial charge in [-0.05, 0) is 38.4 Å². The first-order valence-electron chi connectivity index (χ1n) is 8.12. The summed E-state index contributed by atoms with van der Waals surface area (Å²) in [6.45, 7) is 4.52. The van der Waals surface area contributed by atoms with Gasteiger partial charge >= 0.3 is 6.03 Å². The molecule has 2 rings (SSSR count). The largest absolute Gasteiger partial charge is 0.496 e. The van der Waals surface area contributed by atoms with Crippen molar-refractivity contribution < 1.29 is 14.5 Å². The SMILES string of the molecule is COc1ccc(NC(=O)NCCN2CCCC[C@@H]2C)c([N+](=O)[O-])c1. The first kappa shape index (κ1) is 18.0. The number of carbonyl (C=O) groups is 1. The number of carbonyl (C=O) groups excluding carboxylic acids is 1. The second-order valence-electron chi connectivity index (χ2n) is 5.90. The van der Waals surface area contributed by atoms with Gasteiger partial charge in [0.1, 0.15) is 11.4 Å². The molecule has 2 N–H and O–H groups in total. The van der Waals surface area contributed by atoms with Crippen molar-refractivity contribution in [3.63, 3.8) is 0 Å². The van der Waals surface area contributed by atoms with Crippen LogP contribution in [0.3, 0.4) is 0 Å². The Labute approximate surface area is 141 Å². The summed E-state index contributed by atoms with van der Waals surface area (Å²) in [7, 11) is 1.43. The fraction of sp³-hybridized carbons (Fsp3) is 0.562. The summed E-state index contributed by atoms with van der Waals surface area (Å²) in [4.78, 5) is 24.9. The second-order valence-corrected chi connectivity index (χ2v) is 5.90. The number of ether oxygens (including phenoxy) is 1. The van der Waals surface area contributed by atoms with Gasteiger partial charge in [-0.3, -0.25) is 15.0 Å². The minimum Gasteiger partial charge on any atom is -0.496 e. The lowest BCUT2D eigenvalue weighted by Crippen LogP contribution is -2.43. The number of rotatable bonds is 6. The molecule has 8 nitrogen and oxygen atoms in total. The number of likely N-dealkylation sites (tertiary alicyclic amines) is 1. The van der Waals surface area contributed by atoms with E-state index in [1.54, 1.807) is 6.07 Å². The predicted octanol–water partition coefficient (Wildman–Crippen LogP) is 2.60. The normalized spacial score (nSPS) is 18.0. The summed E-state index contributed by atoms with van der Waals surface area (Å²) in [5.74, 6) is 0.367. The molecule has 0 saturated carbocycles. The van der Waals surface area contributed by atoms with Crippen molar-refractivity contribution in [3.05, 3.63) is 28.3 Å². The van der Waals surface area contributed by atoms with Gasteiger partial charge in [-0.2, -0.15) is 0 Å². The van der Waals surface area contributed by atoms with Gasteiger partial charge in [0.15, 0.2) is 0 Å². The number of nitro benzene ring substituents is 1. The number of methoxy groups -OCH3 is 1. The molecule has 0 aromatic heterocycles. The van der Waals surface area contributed by atoms with Crippen molar-refractivity contribution in [2.45, 2.75) is 32.2 Å². The van der Waals surface area contributed by atoms with Gasteiger partial charge < -0.3 is 15.4 Å². The molecule has 0 unspecified atom stereocenters. The lowest BCUT2D eigenvalue weighted by molar-refractivity contribution is -0.384. The van der Waals surface area contributed by atoms with Crippen LogP contribution in [-0.2, 0) is 0 Å².